The largest absolute Gasteiger partial charge is 0.479 e. The van der Waals surface area contributed by atoms with Crippen LogP contribution in [0.5, 0.6) is 0 Å². The molecule has 0 bridgehead atoms. The molecule has 5 N–H and O–H groups in total. The Bertz CT molecular complexity index is 140. The molecule has 67 valence electrons. The molecular formula is C5H10KO6. The van der Waals surface area contributed by atoms with E-state index in [2.05, 4.69) is 0 Å². The van der Waals surface area contributed by atoms with Crippen molar-refractivity contribution in [2.75, 3.05) is 6.61 Å². The van der Waals surface area contributed by atoms with E-state index in [9.17, 15) is 4.79 Å². The second-order valence-electron chi connectivity index (χ2n) is 2.02. The van der Waals surface area contributed by atoms with Gasteiger partial charge in [0, 0.05) is 51.4 Å². The van der Waals surface area contributed by atoms with E-state index in [-0.39, 0.29) is 51.4 Å². The van der Waals surface area contributed by atoms with Gasteiger partial charge < -0.3 is 25.5 Å². The molecule has 0 aromatic carbocycles. The van der Waals surface area contributed by atoms with Gasteiger partial charge in [0.05, 0.1) is 6.61 Å². The van der Waals surface area contributed by atoms with E-state index in [4.69, 9.17) is 25.5 Å². The van der Waals surface area contributed by atoms with Gasteiger partial charge in [0.1, 0.15) is 12.2 Å². The fourth-order valence-electron chi connectivity index (χ4n) is 0.465. The molecule has 0 spiro atoms. The molecule has 0 unspecified atom stereocenters. The van der Waals surface area contributed by atoms with Crippen molar-refractivity contribution in [3.05, 3.63) is 0 Å². The van der Waals surface area contributed by atoms with Crippen molar-refractivity contribution in [3.63, 3.8) is 0 Å². The van der Waals surface area contributed by atoms with Crippen LogP contribution in [0.1, 0.15) is 0 Å². The molecule has 0 fully saturated rings. The van der Waals surface area contributed by atoms with Crippen LogP contribution < -0.4 is 0 Å². The van der Waals surface area contributed by atoms with Gasteiger partial charge in [-0.3, -0.25) is 0 Å². The number of carbonyl (C=O) groups is 1. The Morgan fingerprint density at radius 3 is 1.92 bits per heavy atom. The maximum absolute atomic E-state index is 9.96. The van der Waals surface area contributed by atoms with E-state index in [1.54, 1.807) is 0 Å². The molecular weight excluding hydrogens is 195 g/mol. The van der Waals surface area contributed by atoms with Crippen LogP contribution in [0.2, 0.25) is 0 Å². The van der Waals surface area contributed by atoms with E-state index in [1.165, 1.54) is 0 Å². The SMILES string of the molecule is O=C(O)[C@@H](O)[C@@H](O)[C@H](O)CO.[K]. The first-order chi connectivity index (χ1) is 5.00. The average Bonchev–Trinajstić information content (AvgIpc) is 2.00. The zero-order chi connectivity index (χ0) is 9.02. The zero-order valence-corrected chi connectivity index (χ0v) is 9.71. The number of aliphatic carboxylic acids is 1. The molecule has 0 saturated carbocycles. The molecule has 0 rings (SSSR count). The van der Waals surface area contributed by atoms with Crippen LogP contribution in [0.3, 0.4) is 0 Å². The molecule has 7 heteroatoms. The summed E-state index contributed by atoms with van der Waals surface area (Å²) in [5.41, 5.74) is 0. The summed E-state index contributed by atoms with van der Waals surface area (Å²) in [6.45, 7) is -0.800. The Hall–Kier alpha value is 0.946. The van der Waals surface area contributed by atoms with Gasteiger partial charge in [-0.2, -0.15) is 0 Å². The maximum Gasteiger partial charge on any atom is 0.335 e. The predicted molar refractivity (Wildman–Crippen MR) is 38.5 cm³/mol. The van der Waals surface area contributed by atoms with Crippen molar-refractivity contribution in [2.24, 2.45) is 0 Å². The smallest absolute Gasteiger partial charge is 0.335 e. The standard InChI is InChI=1S/C5H10O6.K/c6-1-2(7)3(8)4(9)5(10)11;/h2-4,6-9H,1H2,(H,10,11);/t2-,3+,4+;/m1./s1. The van der Waals surface area contributed by atoms with Crippen molar-refractivity contribution >= 4 is 57.4 Å². The summed E-state index contributed by atoms with van der Waals surface area (Å²) in [5.74, 6) is -1.65. The molecule has 3 atom stereocenters. The molecule has 0 aliphatic rings. The van der Waals surface area contributed by atoms with E-state index < -0.39 is 30.9 Å². The monoisotopic (exact) mass is 205 g/mol. The normalized spacial score (nSPS) is 17.3. The van der Waals surface area contributed by atoms with Gasteiger partial charge in [0.15, 0.2) is 6.10 Å². The second-order valence-corrected chi connectivity index (χ2v) is 2.02. The Morgan fingerprint density at radius 2 is 1.67 bits per heavy atom. The summed E-state index contributed by atoms with van der Waals surface area (Å²) in [4.78, 5) is 9.96. The van der Waals surface area contributed by atoms with Crippen LogP contribution in [0.25, 0.3) is 0 Å². The average molecular weight is 205 g/mol. The van der Waals surface area contributed by atoms with Crippen LogP contribution in [0, 0.1) is 0 Å². The van der Waals surface area contributed by atoms with Crippen molar-refractivity contribution in [3.8, 4) is 0 Å². The number of aliphatic hydroxyl groups excluding tert-OH is 4. The van der Waals surface area contributed by atoms with Gasteiger partial charge >= 0.3 is 5.97 Å². The molecule has 0 aliphatic carbocycles. The van der Waals surface area contributed by atoms with Gasteiger partial charge in [-0.25, -0.2) is 4.79 Å². The second kappa shape index (κ2) is 7.36. The third-order valence-electron chi connectivity index (χ3n) is 1.16. The van der Waals surface area contributed by atoms with Crippen molar-refractivity contribution in [1.82, 2.24) is 0 Å². The third kappa shape index (κ3) is 4.85. The number of hydrogen-bond acceptors (Lipinski definition) is 5. The molecule has 0 saturated heterocycles. The maximum atomic E-state index is 9.96. The first kappa shape index (κ1) is 15.4. The number of rotatable bonds is 4. The first-order valence-electron chi connectivity index (χ1n) is 2.88. The van der Waals surface area contributed by atoms with Crippen LogP contribution in [0.4, 0.5) is 0 Å². The van der Waals surface area contributed by atoms with Gasteiger partial charge in [-0.05, 0) is 0 Å². The van der Waals surface area contributed by atoms with Gasteiger partial charge in [-0.1, -0.05) is 0 Å². The molecule has 0 aromatic heterocycles. The summed E-state index contributed by atoms with van der Waals surface area (Å²) in [6.07, 6.45) is -5.57. The van der Waals surface area contributed by atoms with Crippen LogP contribution in [0.15, 0.2) is 0 Å². The minimum Gasteiger partial charge on any atom is -0.479 e. The van der Waals surface area contributed by atoms with Crippen molar-refractivity contribution < 1.29 is 30.3 Å². The van der Waals surface area contributed by atoms with Crippen LogP contribution >= 0.6 is 0 Å². The van der Waals surface area contributed by atoms with Gasteiger partial charge in [0.2, 0.25) is 0 Å². The Morgan fingerprint density at radius 1 is 1.25 bits per heavy atom. The van der Waals surface area contributed by atoms with E-state index in [0.717, 1.165) is 0 Å². The van der Waals surface area contributed by atoms with Crippen LogP contribution in [-0.2, 0) is 4.79 Å². The summed E-state index contributed by atoms with van der Waals surface area (Å²) < 4.78 is 0. The molecule has 1 radical (unpaired) electrons. The minimum absolute atomic E-state index is 0. The zero-order valence-electron chi connectivity index (χ0n) is 6.58. The van der Waals surface area contributed by atoms with Crippen molar-refractivity contribution in [2.45, 2.75) is 18.3 Å². The van der Waals surface area contributed by atoms with E-state index in [0.29, 0.717) is 0 Å². The summed E-state index contributed by atoms with van der Waals surface area (Å²) in [7, 11) is 0. The summed E-state index contributed by atoms with van der Waals surface area (Å²) >= 11 is 0. The number of carboxylic acids is 1. The van der Waals surface area contributed by atoms with E-state index in [1.807, 2.05) is 0 Å². The first-order valence-corrected chi connectivity index (χ1v) is 2.88. The third-order valence-corrected chi connectivity index (χ3v) is 1.16. The number of hydrogen-bond donors (Lipinski definition) is 5. The fraction of sp³-hybridized carbons (Fsp3) is 0.800. The molecule has 0 amide bonds. The molecule has 0 aliphatic heterocycles. The van der Waals surface area contributed by atoms with Gasteiger partial charge in [-0.15, -0.1) is 0 Å². The molecule has 0 aromatic rings. The Labute approximate surface area is 111 Å². The van der Waals surface area contributed by atoms with E-state index >= 15 is 0 Å². The molecule has 0 heterocycles. The fourth-order valence-corrected chi connectivity index (χ4v) is 0.465. The Kier molecular flexibility index (Phi) is 9.46. The van der Waals surface area contributed by atoms with Crippen LogP contribution in [-0.4, -0.2) is 108 Å². The van der Waals surface area contributed by atoms with Gasteiger partial charge in [0.25, 0.3) is 0 Å². The molecule has 6 nitrogen and oxygen atoms in total. The quantitative estimate of drug-likeness (QED) is 0.308. The molecule has 12 heavy (non-hydrogen) atoms. The number of aliphatic hydroxyl groups is 4. The topological polar surface area (TPSA) is 118 Å². The predicted octanol–water partition coefficient (Wildman–Crippen LogP) is -3.23. The minimum atomic E-state index is -2.07. The summed E-state index contributed by atoms with van der Waals surface area (Å²) in [5, 5.41) is 42.2. The Balaban J connectivity index is 0. The summed E-state index contributed by atoms with van der Waals surface area (Å²) in [6, 6.07) is 0. The number of carboxylic acid groups (broad SMARTS) is 1. The van der Waals surface area contributed by atoms with Crippen molar-refractivity contribution in [1.29, 1.82) is 0 Å².